The van der Waals surface area contributed by atoms with Crippen LogP contribution in [0.2, 0.25) is 0 Å². The molecule has 0 spiro atoms. The van der Waals surface area contributed by atoms with Crippen molar-refractivity contribution >= 4 is 0 Å². The van der Waals surface area contributed by atoms with E-state index >= 15 is 0 Å². The van der Waals surface area contributed by atoms with Gasteiger partial charge in [-0.25, -0.2) is 13.8 Å². The first-order valence-corrected chi connectivity index (χ1v) is 5.12. The Balaban J connectivity index is 2.75. The molecule has 0 saturated carbocycles. The summed E-state index contributed by atoms with van der Waals surface area (Å²) < 4.78 is 24.6. The number of hydrogen-bond donors (Lipinski definition) is 1. The van der Waals surface area contributed by atoms with E-state index in [0.29, 0.717) is 5.56 Å². The van der Waals surface area contributed by atoms with Crippen molar-refractivity contribution in [2.45, 2.75) is 13.0 Å². The predicted molar refractivity (Wildman–Crippen MR) is 57.3 cm³/mol. The SMILES string of the molecule is N#Cc1ncccc1CN(CCO)CC(F)F. The molecule has 6 heteroatoms. The van der Waals surface area contributed by atoms with Gasteiger partial charge in [0.1, 0.15) is 11.8 Å². The molecule has 17 heavy (non-hydrogen) atoms. The number of nitriles is 1. The van der Waals surface area contributed by atoms with Crippen molar-refractivity contribution in [2.24, 2.45) is 0 Å². The molecule has 0 aliphatic carbocycles. The van der Waals surface area contributed by atoms with E-state index in [0.717, 1.165) is 0 Å². The van der Waals surface area contributed by atoms with Gasteiger partial charge in [-0.05, 0) is 6.07 Å². The van der Waals surface area contributed by atoms with Crippen LogP contribution in [0.3, 0.4) is 0 Å². The van der Waals surface area contributed by atoms with Gasteiger partial charge in [0.05, 0.1) is 13.2 Å². The Kier molecular flexibility index (Phi) is 5.46. The van der Waals surface area contributed by atoms with Crippen molar-refractivity contribution in [3.63, 3.8) is 0 Å². The zero-order chi connectivity index (χ0) is 12.7. The predicted octanol–water partition coefficient (Wildman–Crippen LogP) is 1.01. The van der Waals surface area contributed by atoms with Gasteiger partial charge in [-0.1, -0.05) is 6.07 Å². The maximum atomic E-state index is 12.3. The number of hydrogen-bond acceptors (Lipinski definition) is 4. The van der Waals surface area contributed by atoms with Gasteiger partial charge in [-0.15, -0.1) is 0 Å². The number of nitrogens with zero attached hydrogens (tertiary/aromatic N) is 3. The Morgan fingerprint density at radius 3 is 2.88 bits per heavy atom. The summed E-state index contributed by atoms with van der Waals surface area (Å²) >= 11 is 0. The molecule has 1 N–H and O–H groups in total. The minimum atomic E-state index is -2.47. The second kappa shape index (κ2) is 6.89. The topological polar surface area (TPSA) is 60.2 Å². The molecular weight excluding hydrogens is 228 g/mol. The van der Waals surface area contributed by atoms with E-state index in [1.54, 1.807) is 12.1 Å². The van der Waals surface area contributed by atoms with Gasteiger partial charge in [0.15, 0.2) is 0 Å². The molecule has 1 aromatic heterocycles. The molecular formula is C11H13F2N3O. The highest BCUT2D eigenvalue weighted by Gasteiger charge is 2.14. The van der Waals surface area contributed by atoms with Crippen molar-refractivity contribution < 1.29 is 13.9 Å². The Morgan fingerprint density at radius 1 is 1.53 bits per heavy atom. The van der Waals surface area contributed by atoms with Crippen LogP contribution in [0.4, 0.5) is 8.78 Å². The quantitative estimate of drug-likeness (QED) is 0.807. The number of halogens is 2. The fourth-order valence-corrected chi connectivity index (χ4v) is 1.48. The summed E-state index contributed by atoms with van der Waals surface area (Å²) in [7, 11) is 0. The third-order valence-electron chi connectivity index (χ3n) is 2.20. The number of aliphatic hydroxyl groups is 1. The average molecular weight is 241 g/mol. The van der Waals surface area contributed by atoms with Crippen LogP contribution >= 0.6 is 0 Å². The van der Waals surface area contributed by atoms with Gasteiger partial charge in [0.25, 0.3) is 6.43 Å². The molecule has 1 aromatic rings. The maximum absolute atomic E-state index is 12.3. The second-order valence-electron chi connectivity index (χ2n) is 3.47. The third-order valence-corrected chi connectivity index (χ3v) is 2.20. The normalized spacial score (nSPS) is 10.8. The Labute approximate surface area is 98.1 Å². The van der Waals surface area contributed by atoms with Crippen LogP contribution in [0.25, 0.3) is 0 Å². The molecule has 4 nitrogen and oxygen atoms in total. The highest BCUT2D eigenvalue weighted by molar-refractivity contribution is 5.30. The van der Waals surface area contributed by atoms with E-state index in [2.05, 4.69) is 4.98 Å². The molecule has 0 radical (unpaired) electrons. The van der Waals surface area contributed by atoms with Crippen LogP contribution in [-0.4, -0.2) is 41.1 Å². The van der Waals surface area contributed by atoms with E-state index in [4.69, 9.17) is 10.4 Å². The van der Waals surface area contributed by atoms with Crippen LogP contribution in [0.1, 0.15) is 11.3 Å². The molecule has 0 saturated heterocycles. The summed E-state index contributed by atoms with van der Waals surface area (Å²) in [6, 6.07) is 5.23. The van der Waals surface area contributed by atoms with E-state index < -0.39 is 13.0 Å². The Hall–Kier alpha value is -1.58. The first-order chi connectivity index (χ1) is 8.17. The number of pyridine rings is 1. The molecule has 0 fully saturated rings. The van der Waals surface area contributed by atoms with Gasteiger partial charge in [-0.3, -0.25) is 4.90 Å². The third kappa shape index (κ3) is 4.43. The lowest BCUT2D eigenvalue weighted by Crippen LogP contribution is -2.31. The lowest BCUT2D eigenvalue weighted by Gasteiger charge is -2.20. The lowest BCUT2D eigenvalue weighted by atomic mass is 10.2. The number of aromatic nitrogens is 1. The smallest absolute Gasteiger partial charge is 0.251 e. The Bertz CT molecular complexity index is 393. The summed E-state index contributed by atoms with van der Waals surface area (Å²) in [4.78, 5) is 5.24. The van der Waals surface area contributed by atoms with E-state index in [1.807, 2.05) is 6.07 Å². The fraction of sp³-hybridized carbons (Fsp3) is 0.455. The number of rotatable bonds is 6. The summed E-state index contributed by atoms with van der Waals surface area (Å²) in [5.41, 5.74) is 0.814. The van der Waals surface area contributed by atoms with Gasteiger partial charge >= 0.3 is 0 Å². The molecule has 0 aromatic carbocycles. The van der Waals surface area contributed by atoms with Gasteiger partial charge in [0.2, 0.25) is 0 Å². The highest BCUT2D eigenvalue weighted by Crippen LogP contribution is 2.09. The first-order valence-electron chi connectivity index (χ1n) is 5.12. The molecule has 0 amide bonds. The largest absolute Gasteiger partial charge is 0.395 e. The van der Waals surface area contributed by atoms with Crippen molar-refractivity contribution in [2.75, 3.05) is 19.7 Å². The van der Waals surface area contributed by atoms with Crippen molar-refractivity contribution in [3.05, 3.63) is 29.6 Å². The molecule has 0 unspecified atom stereocenters. The molecule has 0 aliphatic heterocycles. The summed E-state index contributed by atoms with van der Waals surface area (Å²) in [6.45, 7) is -0.305. The first kappa shape index (κ1) is 13.5. The van der Waals surface area contributed by atoms with Crippen LogP contribution in [0.15, 0.2) is 18.3 Å². The zero-order valence-corrected chi connectivity index (χ0v) is 9.18. The van der Waals surface area contributed by atoms with Crippen LogP contribution in [0, 0.1) is 11.3 Å². The van der Waals surface area contributed by atoms with E-state index in [1.165, 1.54) is 11.1 Å². The monoisotopic (exact) mass is 241 g/mol. The molecule has 1 heterocycles. The molecule has 0 bridgehead atoms. The number of aliphatic hydroxyl groups excluding tert-OH is 1. The summed E-state index contributed by atoms with van der Waals surface area (Å²) in [5, 5.41) is 17.6. The maximum Gasteiger partial charge on any atom is 0.251 e. The molecule has 92 valence electrons. The second-order valence-corrected chi connectivity index (χ2v) is 3.47. The minimum Gasteiger partial charge on any atom is -0.395 e. The molecule has 0 atom stereocenters. The zero-order valence-electron chi connectivity index (χ0n) is 9.18. The van der Waals surface area contributed by atoms with Crippen LogP contribution in [-0.2, 0) is 6.54 Å². The van der Waals surface area contributed by atoms with E-state index in [-0.39, 0.29) is 25.4 Å². The van der Waals surface area contributed by atoms with Crippen molar-refractivity contribution in [1.82, 2.24) is 9.88 Å². The average Bonchev–Trinajstić information content (AvgIpc) is 2.29. The number of alkyl halides is 2. The molecule has 0 aliphatic rings. The van der Waals surface area contributed by atoms with E-state index in [9.17, 15) is 8.78 Å². The standard InChI is InChI=1S/C11H13F2N3O/c12-11(13)8-16(4-5-17)7-9-2-1-3-15-10(9)6-14/h1-3,11,17H,4-5,7-8H2. The highest BCUT2D eigenvalue weighted by atomic mass is 19.3. The van der Waals surface area contributed by atoms with Crippen molar-refractivity contribution in [1.29, 1.82) is 5.26 Å². The van der Waals surface area contributed by atoms with Gasteiger partial charge in [-0.2, -0.15) is 5.26 Å². The molecule has 1 rings (SSSR count). The van der Waals surface area contributed by atoms with Gasteiger partial charge < -0.3 is 5.11 Å². The summed E-state index contributed by atoms with van der Waals surface area (Å²) in [5.74, 6) is 0. The summed E-state index contributed by atoms with van der Waals surface area (Å²) in [6.07, 6.45) is -0.991. The van der Waals surface area contributed by atoms with Crippen molar-refractivity contribution in [3.8, 4) is 6.07 Å². The van der Waals surface area contributed by atoms with Crippen LogP contribution in [0.5, 0.6) is 0 Å². The van der Waals surface area contributed by atoms with Crippen LogP contribution < -0.4 is 0 Å². The minimum absolute atomic E-state index is 0.143. The lowest BCUT2D eigenvalue weighted by molar-refractivity contribution is 0.0745. The van der Waals surface area contributed by atoms with Gasteiger partial charge in [0, 0.05) is 24.8 Å². The Morgan fingerprint density at radius 2 is 2.29 bits per heavy atom. The fourth-order valence-electron chi connectivity index (χ4n) is 1.48.